The second kappa shape index (κ2) is 6.22. The number of hydrogen-bond acceptors (Lipinski definition) is 3. The first-order valence-electron chi connectivity index (χ1n) is 9.70. The zero-order chi connectivity index (χ0) is 17.6. The van der Waals surface area contributed by atoms with Crippen LogP contribution >= 0.6 is 0 Å². The van der Waals surface area contributed by atoms with E-state index in [0.717, 1.165) is 42.6 Å². The topological polar surface area (TPSA) is 58.6 Å². The van der Waals surface area contributed by atoms with Crippen molar-refractivity contribution in [2.45, 2.75) is 69.9 Å². The molecular formula is C21H29NO3. The average molecular weight is 343 g/mol. The molecule has 1 amide bonds. The molecule has 25 heavy (non-hydrogen) atoms. The lowest BCUT2D eigenvalue weighted by molar-refractivity contribution is -0.0221. The third-order valence-corrected chi connectivity index (χ3v) is 6.82. The van der Waals surface area contributed by atoms with Crippen molar-refractivity contribution in [3.63, 3.8) is 0 Å². The molecule has 2 atom stereocenters. The van der Waals surface area contributed by atoms with Gasteiger partial charge in [0.25, 0.3) is 0 Å². The second-order valence-electron chi connectivity index (χ2n) is 8.81. The number of benzene rings is 1. The number of alkyl carbamates (subject to hydrolysis) is 1. The highest BCUT2D eigenvalue weighted by atomic mass is 16.6. The van der Waals surface area contributed by atoms with E-state index in [-0.39, 0.29) is 29.4 Å². The molecule has 4 heteroatoms. The fourth-order valence-electron chi connectivity index (χ4n) is 5.83. The summed E-state index contributed by atoms with van der Waals surface area (Å²) in [6.07, 6.45) is 7.03. The van der Waals surface area contributed by atoms with E-state index in [4.69, 9.17) is 4.74 Å². The third-order valence-electron chi connectivity index (χ3n) is 6.82. The maximum absolute atomic E-state index is 12.6. The second-order valence-corrected chi connectivity index (χ2v) is 8.81. The van der Waals surface area contributed by atoms with Gasteiger partial charge >= 0.3 is 6.09 Å². The first-order valence-corrected chi connectivity index (χ1v) is 9.70. The first kappa shape index (κ1) is 16.7. The molecule has 4 bridgehead atoms. The number of carbonyl (C=O) groups is 1. The number of phenolic OH excluding ortho intramolecular Hbond substituents is 1. The molecular weight excluding hydrogens is 314 g/mol. The SMILES string of the molecule is CC(OC(=O)NC12CC3CC(CC(C3)C1)C2)C(C)c1ccc(O)cc1. The van der Waals surface area contributed by atoms with Gasteiger partial charge in [0, 0.05) is 11.5 Å². The van der Waals surface area contributed by atoms with Crippen LogP contribution in [0.2, 0.25) is 0 Å². The Balaban J connectivity index is 1.36. The van der Waals surface area contributed by atoms with Crippen LogP contribution in [0.25, 0.3) is 0 Å². The van der Waals surface area contributed by atoms with E-state index in [2.05, 4.69) is 12.2 Å². The Morgan fingerprint density at radius 3 is 2.12 bits per heavy atom. The van der Waals surface area contributed by atoms with Gasteiger partial charge < -0.3 is 15.2 Å². The molecule has 4 aliphatic carbocycles. The van der Waals surface area contributed by atoms with Crippen molar-refractivity contribution < 1.29 is 14.6 Å². The fraction of sp³-hybridized carbons (Fsp3) is 0.667. The van der Waals surface area contributed by atoms with Crippen molar-refractivity contribution in [3.8, 4) is 5.75 Å². The molecule has 1 aromatic rings. The number of aromatic hydroxyl groups is 1. The molecule has 0 heterocycles. The molecule has 2 unspecified atom stereocenters. The van der Waals surface area contributed by atoms with Crippen LogP contribution < -0.4 is 5.32 Å². The summed E-state index contributed by atoms with van der Waals surface area (Å²) in [6, 6.07) is 7.12. The van der Waals surface area contributed by atoms with E-state index in [1.807, 2.05) is 19.1 Å². The number of phenols is 1. The number of ether oxygens (including phenoxy) is 1. The molecule has 0 aliphatic heterocycles. The van der Waals surface area contributed by atoms with Crippen LogP contribution in [0.3, 0.4) is 0 Å². The van der Waals surface area contributed by atoms with Crippen molar-refractivity contribution >= 4 is 6.09 Å². The predicted molar refractivity (Wildman–Crippen MR) is 96.5 cm³/mol. The average Bonchev–Trinajstić information content (AvgIpc) is 2.52. The van der Waals surface area contributed by atoms with E-state index in [9.17, 15) is 9.90 Å². The number of nitrogens with one attached hydrogen (secondary N) is 1. The Bertz CT molecular complexity index is 604. The highest BCUT2D eigenvalue weighted by Gasteiger charge is 2.51. The van der Waals surface area contributed by atoms with Crippen LogP contribution in [0.1, 0.15) is 63.9 Å². The number of hydrogen-bond donors (Lipinski definition) is 2. The smallest absolute Gasteiger partial charge is 0.407 e. The normalized spacial score (nSPS) is 35.2. The fourth-order valence-corrected chi connectivity index (χ4v) is 5.83. The van der Waals surface area contributed by atoms with Gasteiger partial charge in [-0.1, -0.05) is 19.1 Å². The summed E-state index contributed by atoms with van der Waals surface area (Å²) in [5.74, 6) is 2.76. The molecule has 1 aromatic carbocycles. The van der Waals surface area contributed by atoms with E-state index in [0.29, 0.717) is 0 Å². The van der Waals surface area contributed by atoms with Gasteiger partial charge in [0.15, 0.2) is 0 Å². The van der Waals surface area contributed by atoms with Gasteiger partial charge in [-0.05, 0) is 80.9 Å². The lowest BCUT2D eigenvalue weighted by atomic mass is 9.53. The van der Waals surface area contributed by atoms with Gasteiger partial charge in [-0.25, -0.2) is 4.79 Å². The van der Waals surface area contributed by atoms with Crippen LogP contribution in [0.5, 0.6) is 5.75 Å². The summed E-state index contributed by atoms with van der Waals surface area (Å²) in [5.41, 5.74) is 1.06. The van der Waals surface area contributed by atoms with Gasteiger partial charge in [-0.15, -0.1) is 0 Å². The van der Waals surface area contributed by atoms with E-state index in [1.54, 1.807) is 12.1 Å². The zero-order valence-electron chi connectivity index (χ0n) is 15.2. The van der Waals surface area contributed by atoms with Crippen LogP contribution in [0, 0.1) is 17.8 Å². The molecule has 4 fully saturated rings. The molecule has 0 saturated heterocycles. The summed E-state index contributed by atoms with van der Waals surface area (Å²) in [4.78, 5) is 12.6. The molecule has 2 N–H and O–H groups in total. The standard InChI is InChI=1S/C21H29NO3/c1-13(18-3-5-19(23)6-4-18)14(2)25-20(24)22-21-10-15-7-16(11-21)9-17(8-15)12-21/h3-6,13-17,23H,7-12H2,1-2H3,(H,22,24). The molecule has 0 spiro atoms. The number of rotatable bonds is 4. The van der Waals surface area contributed by atoms with Crippen molar-refractivity contribution in [1.29, 1.82) is 0 Å². The van der Waals surface area contributed by atoms with E-state index >= 15 is 0 Å². The Labute approximate surface area is 150 Å². The van der Waals surface area contributed by atoms with E-state index < -0.39 is 0 Å². The van der Waals surface area contributed by atoms with E-state index in [1.165, 1.54) is 19.3 Å². The number of amides is 1. The summed E-state index contributed by atoms with van der Waals surface area (Å²) in [7, 11) is 0. The van der Waals surface area contributed by atoms with Crippen molar-refractivity contribution in [2.75, 3.05) is 0 Å². The Morgan fingerprint density at radius 1 is 1.08 bits per heavy atom. The molecule has 0 aromatic heterocycles. The van der Waals surface area contributed by atoms with Crippen molar-refractivity contribution in [1.82, 2.24) is 5.32 Å². The maximum atomic E-state index is 12.6. The first-order chi connectivity index (χ1) is 11.9. The van der Waals surface area contributed by atoms with Gasteiger partial charge in [-0.2, -0.15) is 0 Å². The maximum Gasteiger partial charge on any atom is 0.407 e. The lowest BCUT2D eigenvalue weighted by Gasteiger charge is -2.56. The van der Waals surface area contributed by atoms with Gasteiger partial charge in [0.1, 0.15) is 11.9 Å². The predicted octanol–water partition coefficient (Wildman–Crippen LogP) is 4.58. The van der Waals surface area contributed by atoms with Crippen molar-refractivity contribution in [3.05, 3.63) is 29.8 Å². The molecule has 4 saturated carbocycles. The summed E-state index contributed by atoms with van der Waals surface area (Å²) < 4.78 is 5.72. The van der Waals surface area contributed by atoms with Crippen LogP contribution in [0.4, 0.5) is 4.79 Å². The van der Waals surface area contributed by atoms with Gasteiger partial charge in [0.2, 0.25) is 0 Å². The number of carbonyl (C=O) groups excluding carboxylic acids is 1. The summed E-state index contributed by atoms with van der Waals surface area (Å²) in [6.45, 7) is 3.99. The van der Waals surface area contributed by atoms with Crippen LogP contribution in [0.15, 0.2) is 24.3 Å². The molecule has 0 radical (unpaired) electrons. The van der Waals surface area contributed by atoms with Crippen molar-refractivity contribution in [2.24, 2.45) is 17.8 Å². The Hall–Kier alpha value is -1.71. The molecule has 4 nitrogen and oxygen atoms in total. The van der Waals surface area contributed by atoms with Crippen LogP contribution in [-0.4, -0.2) is 22.8 Å². The van der Waals surface area contributed by atoms with Gasteiger partial charge in [-0.3, -0.25) is 0 Å². The van der Waals surface area contributed by atoms with Crippen LogP contribution in [-0.2, 0) is 4.74 Å². The van der Waals surface area contributed by atoms with Gasteiger partial charge in [0.05, 0.1) is 0 Å². The minimum absolute atomic E-state index is 0.00662. The minimum Gasteiger partial charge on any atom is -0.508 e. The Kier molecular flexibility index (Phi) is 4.17. The summed E-state index contributed by atoms with van der Waals surface area (Å²) in [5, 5.41) is 12.7. The minimum atomic E-state index is -0.264. The molecule has 5 rings (SSSR count). The lowest BCUT2D eigenvalue weighted by Crippen LogP contribution is -2.60. The highest BCUT2D eigenvalue weighted by Crippen LogP contribution is 2.55. The highest BCUT2D eigenvalue weighted by molar-refractivity contribution is 5.68. The molecule has 136 valence electrons. The Morgan fingerprint density at radius 2 is 1.60 bits per heavy atom. The quantitative estimate of drug-likeness (QED) is 0.841. The summed E-state index contributed by atoms with van der Waals surface area (Å²) >= 11 is 0. The zero-order valence-corrected chi connectivity index (χ0v) is 15.2. The monoisotopic (exact) mass is 343 g/mol. The largest absolute Gasteiger partial charge is 0.508 e. The third kappa shape index (κ3) is 3.36. The molecule has 4 aliphatic rings.